The quantitative estimate of drug-likeness (QED) is 0.688. The molecule has 2 aromatic carbocycles. The summed E-state index contributed by atoms with van der Waals surface area (Å²) >= 11 is 5.85. The molecule has 2 heterocycles. The largest absolute Gasteiger partial charge is 0.268 e. The normalized spacial score (nSPS) is 13.5. The van der Waals surface area contributed by atoms with Crippen molar-refractivity contribution in [3.05, 3.63) is 82.6 Å². The first-order valence-electron chi connectivity index (χ1n) is 7.38. The second-order valence-corrected chi connectivity index (χ2v) is 5.95. The first-order valence-corrected chi connectivity index (χ1v) is 7.76. The van der Waals surface area contributed by atoms with E-state index >= 15 is 0 Å². The van der Waals surface area contributed by atoms with Crippen molar-refractivity contribution in [3.63, 3.8) is 0 Å². The van der Waals surface area contributed by atoms with Gasteiger partial charge in [0.15, 0.2) is 0 Å². The van der Waals surface area contributed by atoms with E-state index in [1.54, 1.807) is 53.5 Å². The molecule has 5 nitrogen and oxygen atoms in total. The first-order chi connectivity index (χ1) is 11.6. The third-order valence-electron chi connectivity index (χ3n) is 3.93. The van der Waals surface area contributed by atoms with Crippen molar-refractivity contribution in [2.75, 3.05) is 4.90 Å². The van der Waals surface area contributed by atoms with Crippen LogP contribution in [-0.2, 0) is 6.54 Å². The van der Waals surface area contributed by atoms with Crippen LogP contribution in [0.3, 0.4) is 0 Å². The number of halogens is 1. The Morgan fingerprint density at radius 3 is 2.08 bits per heavy atom. The lowest BCUT2D eigenvalue weighted by atomic mass is 10.1. The fourth-order valence-electron chi connectivity index (χ4n) is 2.79. The van der Waals surface area contributed by atoms with E-state index in [2.05, 4.69) is 5.10 Å². The van der Waals surface area contributed by atoms with E-state index in [9.17, 15) is 9.59 Å². The van der Waals surface area contributed by atoms with Gasteiger partial charge in [-0.25, -0.2) is 4.90 Å². The van der Waals surface area contributed by atoms with Gasteiger partial charge in [-0.3, -0.25) is 14.3 Å². The second kappa shape index (κ2) is 5.62. The van der Waals surface area contributed by atoms with Crippen molar-refractivity contribution in [1.29, 1.82) is 0 Å². The summed E-state index contributed by atoms with van der Waals surface area (Å²) in [5.74, 6) is -0.579. The summed E-state index contributed by atoms with van der Waals surface area (Å²) in [7, 11) is 0. The van der Waals surface area contributed by atoms with Crippen LogP contribution < -0.4 is 4.90 Å². The van der Waals surface area contributed by atoms with Gasteiger partial charge >= 0.3 is 0 Å². The molecule has 0 aliphatic carbocycles. The lowest BCUT2D eigenvalue weighted by Gasteiger charge is -2.14. The Balaban J connectivity index is 1.60. The average Bonchev–Trinajstić information content (AvgIpc) is 3.11. The standard InChI is InChI=1S/C18H12ClN3O2/c19-13-9-20-21(11-13)10-12-5-7-14(8-6-12)22-17(23)15-3-1-2-4-16(15)18(22)24/h1-9,11H,10H2. The maximum absolute atomic E-state index is 12.5. The van der Waals surface area contributed by atoms with Crippen LogP contribution in [0.2, 0.25) is 5.02 Å². The monoisotopic (exact) mass is 337 g/mol. The first kappa shape index (κ1) is 14.7. The minimum atomic E-state index is -0.290. The van der Waals surface area contributed by atoms with Gasteiger partial charge in [0.2, 0.25) is 0 Å². The number of fused-ring (bicyclic) bond motifs is 1. The number of imide groups is 1. The Kier molecular flexibility index (Phi) is 3.43. The summed E-state index contributed by atoms with van der Waals surface area (Å²) in [5.41, 5.74) is 2.44. The predicted octanol–water partition coefficient (Wildman–Crippen LogP) is 3.39. The fourth-order valence-corrected chi connectivity index (χ4v) is 2.94. The van der Waals surface area contributed by atoms with Crippen LogP contribution in [0.15, 0.2) is 60.9 Å². The van der Waals surface area contributed by atoms with E-state index in [0.29, 0.717) is 28.4 Å². The molecule has 24 heavy (non-hydrogen) atoms. The number of benzene rings is 2. The van der Waals surface area contributed by atoms with Crippen LogP contribution in [0.25, 0.3) is 0 Å². The molecule has 0 saturated carbocycles. The van der Waals surface area contributed by atoms with Crippen LogP contribution in [0.5, 0.6) is 0 Å². The third-order valence-corrected chi connectivity index (χ3v) is 4.13. The van der Waals surface area contributed by atoms with Crippen LogP contribution in [0.4, 0.5) is 5.69 Å². The lowest BCUT2D eigenvalue weighted by molar-refractivity contribution is 0.0926. The van der Waals surface area contributed by atoms with E-state index in [4.69, 9.17) is 11.6 Å². The lowest BCUT2D eigenvalue weighted by Crippen LogP contribution is -2.29. The van der Waals surface area contributed by atoms with Crippen molar-refractivity contribution in [2.45, 2.75) is 6.54 Å². The summed E-state index contributed by atoms with van der Waals surface area (Å²) in [6.45, 7) is 0.565. The molecule has 0 fully saturated rings. The van der Waals surface area contributed by atoms with Crippen LogP contribution in [0.1, 0.15) is 26.3 Å². The second-order valence-electron chi connectivity index (χ2n) is 5.51. The Labute approximate surface area is 143 Å². The van der Waals surface area contributed by atoms with Crippen molar-refractivity contribution in [3.8, 4) is 0 Å². The van der Waals surface area contributed by atoms with Crippen molar-refractivity contribution < 1.29 is 9.59 Å². The van der Waals surface area contributed by atoms with Crippen molar-refractivity contribution in [2.24, 2.45) is 0 Å². The molecule has 0 radical (unpaired) electrons. The van der Waals surface area contributed by atoms with Crippen molar-refractivity contribution in [1.82, 2.24) is 9.78 Å². The van der Waals surface area contributed by atoms with Crippen LogP contribution >= 0.6 is 11.6 Å². The molecular formula is C18H12ClN3O2. The van der Waals surface area contributed by atoms with Gasteiger partial charge in [0, 0.05) is 6.20 Å². The molecule has 6 heteroatoms. The van der Waals surface area contributed by atoms with Gasteiger partial charge in [-0.2, -0.15) is 5.10 Å². The average molecular weight is 338 g/mol. The smallest absolute Gasteiger partial charge is 0.266 e. The van der Waals surface area contributed by atoms with E-state index in [1.165, 1.54) is 4.90 Å². The highest BCUT2D eigenvalue weighted by Gasteiger charge is 2.36. The number of anilines is 1. The number of nitrogens with zero attached hydrogens (tertiary/aromatic N) is 3. The highest BCUT2D eigenvalue weighted by Crippen LogP contribution is 2.28. The van der Waals surface area contributed by atoms with Gasteiger partial charge in [0.25, 0.3) is 11.8 Å². The highest BCUT2D eigenvalue weighted by molar-refractivity contribution is 6.34. The predicted molar refractivity (Wildman–Crippen MR) is 90.4 cm³/mol. The fraction of sp³-hybridized carbons (Fsp3) is 0.0556. The summed E-state index contributed by atoms with van der Waals surface area (Å²) in [4.78, 5) is 26.1. The molecule has 1 aliphatic rings. The highest BCUT2D eigenvalue weighted by atomic mass is 35.5. The van der Waals surface area contributed by atoms with Gasteiger partial charge in [-0.15, -0.1) is 0 Å². The van der Waals surface area contributed by atoms with E-state index in [1.807, 2.05) is 12.1 Å². The SMILES string of the molecule is O=C1c2ccccc2C(=O)N1c1ccc(Cn2cc(Cl)cn2)cc1. The number of rotatable bonds is 3. The Bertz CT molecular complexity index is 912. The third kappa shape index (κ3) is 2.39. The minimum Gasteiger partial charge on any atom is -0.268 e. The maximum Gasteiger partial charge on any atom is 0.266 e. The molecule has 0 N–H and O–H groups in total. The van der Waals surface area contributed by atoms with Gasteiger partial charge < -0.3 is 0 Å². The van der Waals surface area contributed by atoms with E-state index in [-0.39, 0.29) is 11.8 Å². The molecule has 1 aliphatic heterocycles. The van der Waals surface area contributed by atoms with Crippen molar-refractivity contribution >= 4 is 29.1 Å². The molecular weight excluding hydrogens is 326 g/mol. The van der Waals surface area contributed by atoms with Crippen LogP contribution in [0, 0.1) is 0 Å². The Morgan fingerprint density at radius 2 is 1.54 bits per heavy atom. The summed E-state index contributed by atoms with van der Waals surface area (Å²) in [6.07, 6.45) is 3.31. The summed E-state index contributed by atoms with van der Waals surface area (Å²) in [6, 6.07) is 14.1. The molecule has 118 valence electrons. The number of hydrogen-bond acceptors (Lipinski definition) is 3. The van der Waals surface area contributed by atoms with Gasteiger partial charge in [0.05, 0.1) is 34.6 Å². The molecule has 0 saturated heterocycles. The summed E-state index contributed by atoms with van der Waals surface area (Å²) in [5, 5.41) is 4.71. The number of carbonyl (C=O) groups is 2. The van der Waals surface area contributed by atoms with Crippen LogP contribution in [-0.4, -0.2) is 21.6 Å². The summed E-state index contributed by atoms with van der Waals surface area (Å²) < 4.78 is 1.72. The Hall–Kier alpha value is -2.92. The number of aromatic nitrogens is 2. The zero-order chi connectivity index (χ0) is 16.7. The Morgan fingerprint density at radius 1 is 0.917 bits per heavy atom. The number of amides is 2. The molecule has 0 atom stereocenters. The van der Waals surface area contributed by atoms with Gasteiger partial charge in [-0.05, 0) is 29.8 Å². The van der Waals surface area contributed by atoms with Gasteiger partial charge in [-0.1, -0.05) is 35.9 Å². The number of carbonyl (C=O) groups excluding carboxylic acids is 2. The van der Waals surface area contributed by atoms with Gasteiger partial charge in [0.1, 0.15) is 0 Å². The minimum absolute atomic E-state index is 0.290. The topological polar surface area (TPSA) is 55.2 Å². The molecule has 0 bridgehead atoms. The molecule has 3 aromatic rings. The number of hydrogen-bond donors (Lipinski definition) is 0. The molecule has 0 spiro atoms. The zero-order valence-electron chi connectivity index (χ0n) is 12.5. The molecule has 2 amide bonds. The van der Waals surface area contributed by atoms with E-state index in [0.717, 1.165) is 5.56 Å². The molecule has 0 unspecified atom stereocenters. The molecule has 1 aromatic heterocycles. The maximum atomic E-state index is 12.5. The molecule has 4 rings (SSSR count). The zero-order valence-corrected chi connectivity index (χ0v) is 13.3. The van der Waals surface area contributed by atoms with E-state index < -0.39 is 0 Å².